The second-order valence-electron chi connectivity index (χ2n) is 2.40. The van der Waals surface area contributed by atoms with Gasteiger partial charge in [-0.1, -0.05) is 0 Å². The Bertz CT molecular complexity index is 275. The van der Waals surface area contributed by atoms with Crippen molar-refractivity contribution in [3.05, 3.63) is 0 Å². The molecule has 8 nitrogen and oxygen atoms in total. The molecule has 0 saturated heterocycles. The average Bonchev–Trinajstić information content (AvgIpc) is 1.93. The van der Waals surface area contributed by atoms with Crippen LogP contribution in [0.2, 0.25) is 0 Å². The van der Waals surface area contributed by atoms with Gasteiger partial charge < -0.3 is 14.7 Å². The summed E-state index contributed by atoms with van der Waals surface area (Å²) in [4.78, 5) is 25.4. The lowest BCUT2D eigenvalue weighted by atomic mass is 10.5. The van der Waals surface area contributed by atoms with Crippen LogP contribution in [-0.4, -0.2) is 20.8 Å². The molecule has 12 heteroatoms. The van der Waals surface area contributed by atoms with Crippen LogP contribution in [0.5, 0.6) is 0 Å². The summed E-state index contributed by atoms with van der Waals surface area (Å²) in [7, 11) is -8.85. The van der Waals surface area contributed by atoms with Crippen LogP contribution in [-0.2, 0) is 21.6 Å². The lowest BCUT2D eigenvalue weighted by molar-refractivity contribution is 0.168. The molecule has 0 fully saturated rings. The highest BCUT2D eigenvalue weighted by molar-refractivity contribution is 8.74. The molecule has 0 bridgehead atoms. The fourth-order valence-corrected chi connectivity index (χ4v) is 3.74. The lowest BCUT2D eigenvalue weighted by Crippen LogP contribution is -1.99. The number of rotatable bonds is 7. The summed E-state index contributed by atoms with van der Waals surface area (Å²) in [6.45, 7) is 3.05. The second kappa shape index (κ2) is 6.61. The minimum Gasteiger partial charge on any atom is -0.302 e. The van der Waals surface area contributed by atoms with Crippen molar-refractivity contribution >= 4 is 37.8 Å². The summed E-state index contributed by atoms with van der Waals surface area (Å²) in [5, 5.41) is 0. The van der Waals surface area contributed by atoms with Crippen LogP contribution in [0.25, 0.3) is 0 Å². The minimum atomic E-state index is -4.63. The number of phosphoric acid groups is 2. The molecule has 92 valence electrons. The van der Waals surface area contributed by atoms with E-state index in [9.17, 15) is 9.13 Å². The van der Waals surface area contributed by atoms with Gasteiger partial charge in [0.05, 0.1) is 6.10 Å². The molecule has 0 aromatic rings. The summed E-state index contributed by atoms with van der Waals surface area (Å²) in [5.41, 5.74) is 0. The molecule has 0 heterocycles. The first kappa shape index (κ1) is 15.9. The maximum Gasteiger partial charge on any atom is 0.484 e. The summed E-state index contributed by atoms with van der Waals surface area (Å²) < 4.78 is 33.7. The second-order valence-corrected chi connectivity index (χ2v) is 6.81. The zero-order valence-electron chi connectivity index (χ0n) is 7.67. The van der Waals surface area contributed by atoms with Gasteiger partial charge in [-0.25, -0.2) is 17.1 Å². The van der Waals surface area contributed by atoms with E-state index >= 15 is 0 Å². The Morgan fingerprint density at radius 3 is 1.93 bits per heavy atom. The fraction of sp³-hybridized carbons (Fsp3) is 1.00. The zero-order valence-corrected chi connectivity index (χ0v) is 11.1. The molecule has 1 unspecified atom stereocenters. The van der Waals surface area contributed by atoms with Gasteiger partial charge in [0.15, 0.2) is 0 Å². The van der Waals surface area contributed by atoms with Crippen molar-refractivity contribution in [1.29, 1.82) is 0 Å². The summed E-state index contributed by atoms with van der Waals surface area (Å²) in [6.07, 6.45) is -0.519. The third kappa shape index (κ3) is 11.2. The Kier molecular flexibility index (Phi) is 7.01. The van der Waals surface area contributed by atoms with Gasteiger partial charge in [-0.2, -0.15) is 0 Å². The van der Waals surface area contributed by atoms with Gasteiger partial charge in [0.1, 0.15) is 22.1 Å². The van der Waals surface area contributed by atoms with Crippen molar-refractivity contribution < 1.29 is 36.3 Å². The van der Waals surface area contributed by atoms with Gasteiger partial charge in [-0.05, 0) is 13.8 Å². The third-order valence-corrected chi connectivity index (χ3v) is 4.65. The highest BCUT2D eigenvalue weighted by Gasteiger charge is 2.25. The van der Waals surface area contributed by atoms with Crippen LogP contribution in [0.3, 0.4) is 0 Å². The topological polar surface area (TPSA) is 123 Å². The molecule has 0 radical (unpaired) electrons. The molecule has 0 rings (SSSR count). The first-order valence-corrected chi connectivity index (χ1v) is 8.43. The Balaban J connectivity index is 3.76. The molecular formula is C3H10O8P2S2. The highest BCUT2D eigenvalue weighted by atomic mass is 33.1. The van der Waals surface area contributed by atoms with Crippen LogP contribution in [0, 0.1) is 0 Å². The summed E-state index contributed by atoms with van der Waals surface area (Å²) in [5.74, 6) is 0. The number of phosphoric ester groups is 1. The minimum absolute atomic E-state index is 0.133. The van der Waals surface area contributed by atoms with E-state index < -0.39 is 21.7 Å². The molecule has 0 aromatic carbocycles. The Morgan fingerprint density at radius 2 is 1.53 bits per heavy atom. The van der Waals surface area contributed by atoms with Crippen LogP contribution in [0.15, 0.2) is 0 Å². The van der Waals surface area contributed by atoms with Crippen molar-refractivity contribution in [2.75, 3.05) is 0 Å². The Hall–Kier alpha value is 0.920. The average molecular weight is 300 g/mol. The maximum atomic E-state index is 11.0. The van der Waals surface area contributed by atoms with E-state index in [1.54, 1.807) is 0 Å². The molecule has 15 heavy (non-hydrogen) atoms. The molecule has 0 saturated carbocycles. The number of hydrogen-bond donors (Lipinski definition) is 3. The molecule has 0 aromatic heterocycles. The molecule has 0 aliphatic rings. The zero-order chi connectivity index (χ0) is 12.1. The predicted molar refractivity (Wildman–Crippen MR) is 55.4 cm³/mol. The molecule has 0 spiro atoms. The molecule has 3 N–H and O–H groups in total. The van der Waals surface area contributed by atoms with Crippen LogP contribution < -0.4 is 0 Å². The van der Waals surface area contributed by atoms with Crippen molar-refractivity contribution in [3.63, 3.8) is 0 Å². The van der Waals surface area contributed by atoms with Crippen molar-refractivity contribution in [3.8, 4) is 0 Å². The largest absolute Gasteiger partial charge is 0.484 e. The molecule has 0 amide bonds. The van der Waals surface area contributed by atoms with E-state index in [1.165, 1.54) is 13.8 Å². The SMILES string of the molecule is CC(C)OP(=O)(O)OSSOP(=O)(O)O. The molecular weight excluding hydrogens is 290 g/mol. The van der Waals surface area contributed by atoms with E-state index in [2.05, 4.69) is 12.5 Å². The Labute approximate surface area is 94.4 Å². The van der Waals surface area contributed by atoms with Gasteiger partial charge in [0.2, 0.25) is 0 Å². The molecule has 1 atom stereocenters. The fourth-order valence-electron chi connectivity index (χ4n) is 0.387. The van der Waals surface area contributed by atoms with Gasteiger partial charge in [-0.15, -0.1) is 0 Å². The predicted octanol–water partition coefficient (Wildman–Crippen LogP) is 1.85. The van der Waals surface area contributed by atoms with Crippen LogP contribution in [0.4, 0.5) is 0 Å². The van der Waals surface area contributed by atoms with E-state index in [4.69, 9.17) is 14.7 Å². The third-order valence-electron chi connectivity index (χ3n) is 0.624. The van der Waals surface area contributed by atoms with Gasteiger partial charge in [0.25, 0.3) is 0 Å². The van der Waals surface area contributed by atoms with Gasteiger partial charge >= 0.3 is 15.6 Å². The van der Waals surface area contributed by atoms with Crippen LogP contribution >= 0.6 is 37.8 Å². The first-order chi connectivity index (χ1) is 6.62. The smallest absolute Gasteiger partial charge is 0.302 e. The normalized spacial score (nSPS) is 16.7. The molecule has 0 aliphatic heterocycles. The monoisotopic (exact) mass is 300 g/mol. The summed E-state index contributed by atoms with van der Waals surface area (Å²) in [6, 6.07) is 0. The Morgan fingerprint density at radius 1 is 1.07 bits per heavy atom. The number of hydrogen-bond acceptors (Lipinski definition) is 7. The first-order valence-electron chi connectivity index (χ1n) is 3.40. The van der Waals surface area contributed by atoms with E-state index in [-0.39, 0.29) is 22.1 Å². The van der Waals surface area contributed by atoms with E-state index in [1.807, 2.05) is 0 Å². The van der Waals surface area contributed by atoms with E-state index in [0.717, 1.165) is 0 Å². The van der Waals surface area contributed by atoms with Crippen LogP contribution in [0.1, 0.15) is 13.8 Å². The summed E-state index contributed by atoms with van der Waals surface area (Å²) >= 11 is 0.326. The maximum absolute atomic E-state index is 11.0. The van der Waals surface area contributed by atoms with Crippen molar-refractivity contribution in [2.24, 2.45) is 0 Å². The standard InChI is InChI=1S/C3H10O8P2S2/c1-3(2)9-13(7,8)11-15-14-10-12(4,5)6/h3H,1-2H3,(H,7,8)(H2,4,5,6). The van der Waals surface area contributed by atoms with Crippen molar-refractivity contribution in [1.82, 2.24) is 0 Å². The lowest BCUT2D eigenvalue weighted by Gasteiger charge is -2.12. The van der Waals surface area contributed by atoms with Crippen molar-refractivity contribution in [2.45, 2.75) is 20.0 Å². The quantitative estimate of drug-likeness (QED) is 0.278. The van der Waals surface area contributed by atoms with Gasteiger partial charge in [0, 0.05) is 0 Å². The molecule has 0 aliphatic carbocycles. The van der Waals surface area contributed by atoms with E-state index in [0.29, 0.717) is 0 Å². The highest BCUT2D eigenvalue weighted by Crippen LogP contribution is 2.53. The van der Waals surface area contributed by atoms with Gasteiger partial charge in [-0.3, -0.25) is 4.52 Å².